The number of fused-ring (bicyclic) bond motifs is 6. The highest BCUT2D eigenvalue weighted by Crippen LogP contribution is 2.48. The lowest BCUT2D eigenvalue weighted by molar-refractivity contribution is -0.144. The lowest BCUT2D eigenvalue weighted by Gasteiger charge is -2.29. The second kappa shape index (κ2) is 24.1. The standard InChI is InChI=1S/C80H48F12N6/c81-77(82,83)57-35-55(36-58(45-57)78(84,85)86)53-33-51(49-23-29-75-71(43-49)69-19-7-9-21-73(69)97(75)61-13-3-1-4-14-61)39-67(41-53)95(65-17-11-31-93-47-65)63-25-27-64(28-26-63)96(66-18-12-32-94-48-66)68-40-52(34-54(42-68)56-37-59(79(87,88)89)46-60(38-56)80(90,91)92)50-24-30-76-72(44-50)70-20-8-10-22-74(70)98(76)62-15-5-2-6-16-62/h1-48H. The van der Waals surface area contributed by atoms with E-state index in [1.54, 1.807) is 95.0 Å². The zero-order valence-electron chi connectivity index (χ0n) is 50.9. The molecule has 4 heterocycles. The maximum Gasteiger partial charge on any atom is 0.416 e. The van der Waals surface area contributed by atoms with Crippen LogP contribution in [0.25, 0.3) is 99.5 Å². The van der Waals surface area contributed by atoms with Crippen molar-refractivity contribution in [2.45, 2.75) is 24.7 Å². The molecule has 6 nitrogen and oxygen atoms in total. The molecule has 0 saturated heterocycles. The summed E-state index contributed by atoms with van der Waals surface area (Å²) in [5, 5.41) is 3.40. The average molecular weight is 1320 g/mol. The van der Waals surface area contributed by atoms with Gasteiger partial charge in [0.1, 0.15) is 0 Å². The van der Waals surface area contributed by atoms with E-state index in [1.807, 2.05) is 146 Å². The molecule has 0 aliphatic heterocycles. The van der Waals surface area contributed by atoms with E-state index < -0.39 is 47.0 Å². The van der Waals surface area contributed by atoms with Crippen molar-refractivity contribution >= 4 is 77.7 Å². The molecule has 4 aromatic heterocycles. The largest absolute Gasteiger partial charge is 0.416 e. The van der Waals surface area contributed by atoms with Crippen molar-refractivity contribution in [2.75, 3.05) is 9.80 Å². The van der Waals surface area contributed by atoms with Crippen molar-refractivity contribution in [2.24, 2.45) is 0 Å². The van der Waals surface area contributed by atoms with Gasteiger partial charge < -0.3 is 18.9 Å². The molecule has 0 fully saturated rings. The number of rotatable bonds is 12. The molecule has 0 radical (unpaired) electrons. The normalized spacial score (nSPS) is 12.3. The summed E-state index contributed by atoms with van der Waals surface area (Å²) in [5.74, 6) is 0. The molecule has 0 aliphatic rings. The SMILES string of the molecule is FC(F)(F)c1cc(-c2cc(-c3ccc4c(c3)c3ccccc3n4-c3ccccc3)cc(N(c3ccc(N(c4cccnc4)c4cc(-c5cc(C(F)(F)F)cc(C(F)(F)F)c5)cc(-c5ccc6c(c5)c5ccccc5n6-c5ccccc5)c4)cc3)c3cccnc3)c2)cc(C(F)(F)F)c1. The van der Waals surface area contributed by atoms with Crippen LogP contribution in [0.4, 0.5) is 86.8 Å². The molecule has 15 aromatic rings. The Morgan fingerprint density at radius 1 is 0.235 bits per heavy atom. The van der Waals surface area contributed by atoms with Gasteiger partial charge in [-0.1, -0.05) is 84.9 Å². The molecular formula is C80H48F12N6. The zero-order valence-corrected chi connectivity index (χ0v) is 50.9. The highest BCUT2D eigenvalue weighted by Gasteiger charge is 2.39. The summed E-state index contributed by atoms with van der Waals surface area (Å²) >= 11 is 0. The monoisotopic (exact) mass is 1320 g/mol. The first kappa shape index (κ1) is 62.2. The number of hydrogen-bond donors (Lipinski definition) is 0. The molecule has 0 unspecified atom stereocenters. The van der Waals surface area contributed by atoms with Crippen LogP contribution in [-0.4, -0.2) is 19.1 Å². The van der Waals surface area contributed by atoms with Crippen LogP contribution in [0.2, 0.25) is 0 Å². The van der Waals surface area contributed by atoms with Crippen LogP contribution in [-0.2, 0) is 24.7 Å². The quantitative estimate of drug-likeness (QED) is 0.114. The minimum absolute atomic E-state index is 0.00841. The van der Waals surface area contributed by atoms with Gasteiger partial charge in [0.2, 0.25) is 0 Å². The van der Waals surface area contributed by atoms with Crippen molar-refractivity contribution < 1.29 is 52.7 Å². The lowest BCUT2D eigenvalue weighted by Crippen LogP contribution is -2.13. The van der Waals surface area contributed by atoms with Gasteiger partial charge in [0, 0.05) is 68.1 Å². The summed E-state index contributed by atoms with van der Waals surface area (Å²) < 4.78 is 181. The third kappa shape index (κ3) is 11.8. The van der Waals surface area contributed by atoms with Gasteiger partial charge in [0.25, 0.3) is 0 Å². The first-order chi connectivity index (χ1) is 47.1. The highest BCUT2D eigenvalue weighted by molar-refractivity contribution is 6.12. The Labute approximate surface area is 551 Å². The number of nitrogens with zero attached hydrogens (tertiary/aromatic N) is 6. The average Bonchev–Trinajstić information content (AvgIpc) is 1.38. The first-order valence-corrected chi connectivity index (χ1v) is 30.7. The van der Waals surface area contributed by atoms with Crippen LogP contribution in [0.15, 0.2) is 292 Å². The zero-order chi connectivity index (χ0) is 67.8. The summed E-state index contributed by atoms with van der Waals surface area (Å²) in [6, 6.07) is 72.6. The Balaban J connectivity index is 0.921. The molecule has 0 spiro atoms. The van der Waals surface area contributed by atoms with Crippen LogP contribution in [0, 0.1) is 0 Å². The molecule has 15 rings (SSSR count). The topological polar surface area (TPSA) is 42.1 Å². The summed E-state index contributed by atoms with van der Waals surface area (Å²) in [7, 11) is 0. The Morgan fingerprint density at radius 2 is 0.551 bits per heavy atom. The number of hydrogen-bond acceptors (Lipinski definition) is 4. The van der Waals surface area contributed by atoms with E-state index in [1.165, 1.54) is 24.5 Å². The van der Waals surface area contributed by atoms with Gasteiger partial charge in [0.15, 0.2) is 0 Å². The van der Waals surface area contributed by atoms with E-state index >= 15 is 0 Å². The van der Waals surface area contributed by atoms with E-state index in [0.29, 0.717) is 80.6 Å². The molecule has 0 N–H and O–H groups in total. The van der Waals surface area contributed by atoms with E-state index in [-0.39, 0.29) is 34.4 Å². The summed E-state index contributed by atoms with van der Waals surface area (Å²) in [6.45, 7) is 0. The number of alkyl halides is 12. The number of pyridine rings is 2. The fourth-order valence-corrected chi connectivity index (χ4v) is 13.0. The van der Waals surface area contributed by atoms with Gasteiger partial charge in [-0.05, 0) is 226 Å². The number of aromatic nitrogens is 4. The van der Waals surface area contributed by atoms with Crippen LogP contribution in [0.5, 0.6) is 0 Å². The predicted molar refractivity (Wildman–Crippen MR) is 362 cm³/mol. The maximum atomic E-state index is 14.7. The molecule has 98 heavy (non-hydrogen) atoms. The van der Waals surface area contributed by atoms with Gasteiger partial charge in [0.05, 0.1) is 68.1 Å². The Morgan fingerprint density at radius 3 is 0.888 bits per heavy atom. The summed E-state index contributed by atoms with van der Waals surface area (Å²) in [4.78, 5) is 12.3. The number of anilines is 6. The van der Waals surface area contributed by atoms with Gasteiger partial charge in [-0.3, -0.25) is 9.97 Å². The van der Waals surface area contributed by atoms with Crippen molar-refractivity contribution in [1.82, 2.24) is 19.1 Å². The third-order valence-corrected chi connectivity index (χ3v) is 17.4. The molecule has 0 saturated carbocycles. The van der Waals surface area contributed by atoms with Gasteiger partial charge >= 0.3 is 24.7 Å². The van der Waals surface area contributed by atoms with E-state index in [9.17, 15) is 52.7 Å². The van der Waals surface area contributed by atoms with E-state index in [2.05, 4.69) is 19.1 Å². The second-order valence-electron chi connectivity index (χ2n) is 23.6. The van der Waals surface area contributed by atoms with Gasteiger partial charge in [-0.2, -0.15) is 52.7 Å². The minimum Gasteiger partial charge on any atom is -0.309 e. The molecule has 0 amide bonds. The van der Waals surface area contributed by atoms with E-state index in [0.717, 1.165) is 55.0 Å². The Bertz CT molecular complexity index is 5110. The number of benzene rings is 11. The smallest absolute Gasteiger partial charge is 0.309 e. The number of para-hydroxylation sites is 4. The molecule has 482 valence electrons. The molecule has 0 aliphatic carbocycles. The molecule has 0 bridgehead atoms. The molecule has 18 heteroatoms. The van der Waals surface area contributed by atoms with Gasteiger partial charge in [-0.15, -0.1) is 0 Å². The molecule has 0 atom stereocenters. The van der Waals surface area contributed by atoms with Crippen molar-refractivity contribution in [3.63, 3.8) is 0 Å². The van der Waals surface area contributed by atoms with Crippen LogP contribution >= 0.6 is 0 Å². The minimum atomic E-state index is -5.17. The van der Waals surface area contributed by atoms with Crippen molar-refractivity contribution in [3.05, 3.63) is 314 Å². The lowest BCUT2D eigenvalue weighted by atomic mass is 9.94. The van der Waals surface area contributed by atoms with E-state index in [4.69, 9.17) is 0 Å². The number of halogens is 12. The van der Waals surface area contributed by atoms with Gasteiger partial charge in [-0.25, -0.2) is 0 Å². The van der Waals surface area contributed by atoms with Crippen molar-refractivity contribution in [3.8, 4) is 55.9 Å². The molecule has 11 aromatic carbocycles. The second-order valence-corrected chi connectivity index (χ2v) is 23.6. The fourth-order valence-electron chi connectivity index (χ4n) is 13.0. The third-order valence-electron chi connectivity index (χ3n) is 17.4. The Hall–Kier alpha value is -11.9. The van der Waals surface area contributed by atoms with Crippen molar-refractivity contribution in [1.29, 1.82) is 0 Å². The summed E-state index contributed by atoms with van der Waals surface area (Å²) in [5.41, 5.74) is 2.75. The highest BCUT2D eigenvalue weighted by atomic mass is 19.4. The maximum absolute atomic E-state index is 14.7. The molecular weight excluding hydrogens is 1270 g/mol. The van der Waals surface area contributed by atoms with Crippen LogP contribution in [0.3, 0.4) is 0 Å². The first-order valence-electron chi connectivity index (χ1n) is 30.7. The fraction of sp³-hybridized carbons (Fsp3) is 0.0500. The predicted octanol–water partition coefficient (Wildman–Crippen LogP) is 24.4. The summed E-state index contributed by atoms with van der Waals surface area (Å²) in [6.07, 6.45) is -14.5. The van der Waals surface area contributed by atoms with Crippen LogP contribution < -0.4 is 9.80 Å². The van der Waals surface area contributed by atoms with Crippen LogP contribution in [0.1, 0.15) is 22.3 Å². The Kier molecular flexibility index (Phi) is 15.3.